The smallest absolute Gasteiger partial charge is 0.214 e. The molecule has 0 spiro atoms. The first-order chi connectivity index (χ1) is 15.3. The Morgan fingerprint density at radius 2 is 1.90 bits per heavy atom. The van der Waals surface area contributed by atoms with Crippen LogP contribution in [0.4, 0.5) is 0 Å². The predicted octanol–water partition coefficient (Wildman–Crippen LogP) is 4.50. The van der Waals surface area contributed by atoms with Crippen molar-refractivity contribution in [3.05, 3.63) is 72.1 Å². The fraction of sp³-hybridized carbons (Fsp3) is 0.273. The molecule has 0 atom stereocenters. The lowest BCUT2D eigenvalue weighted by atomic mass is 10.1. The van der Waals surface area contributed by atoms with Gasteiger partial charge in [-0.05, 0) is 59.4 Å². The summed E-state index contributed by atoms with van der Waals surface area (Å²) in [6.07, 6.45) is 6.79. The lowest BCUT2D eigenvalue weighted by Gasteiger charge is -2.14. The lowest BCUT2D eigenvalue weighted by molar-refractivity contribution is 0.316. The highest BCUT2D eigenvalue weighted by Crippen LogP contribution is 2.24. The quantitative estimate of drug-likeness (QED) is 0.259. The molecule has 0 unspecified atom stereocenters. The van der Waals surface area contributed by atoms with Crippen molar-refractivity contribution in [1.82, 2.24) is 29.8 Å². The molecule has 0 aliphatic rings. The molecule has 0 bridgehead atoms. The molecule has 4 aromatic rings. The number of rotatable bonds is 10. The molecule has 0 saturated carbocycles. The van der Waals surface area contributed by atoms with E-state index < -0.39 is 0 Å². The first kappa shape index (κ1) is 21.5. The number of nitrogens with zero attached hydrogens (tertiary/aromatic N) is 6. The standard InChI is InChI=1S/C22H24N6OS2/c1-17-18(16-27-13-12-23-21(27)30-2)8-6-11-20(17)29-14-7-15-31-22-24-25-26-28(22)19-9-4-3-5-10-19/h3-6,8-13H,7,14-16H2,1-2H3. The van der Waals surface area contributed by atoms with Crippen molar-refractivity contribution in [1.29, 1.82) is 0 Å². The van der Waals surface area contributed by atoms with Crippen molar-refractivity contribution in [2.24, 2.45) is 0 Å². The van der Waals surface area contributed by atoms with Crippen LogP contribution in [0.15, 0.2) is 71.2 Å². The van der Waals surface area contributed by atoms with Gasteiger partial charge in [0.05, 0.1) is 12.3 Å². The third kappa shape index (κ3) is 5.29. The zero-order chi connectivity index (χ0) is 21.5. The van der Waals surface area contributed by atoms with E-state index in [1.165, 1.54) is 11.1 Å². The normalized spacial score (nSPS) is 11.0. The van der Waals surface area contributed by atoms with E-state index in [9.17, 15) is 0 Å². The Bertz CT molecular complexity index is 1110. The molecule has 7 nitrogen and oxygen atoms in total. The summed E-state index contributed by atoms with van der Waals surface area (Å²) in [4.78, 5) is 4.38. The molecule has 31 heavy (non-hydrogen) atoms. The largest absolute Gasteiger partial charge is 0.493 e. The van der Waals surface area contributed by atoms with Crippen molar-refractivity contribution in [3.8, 4) is 11.4 Å². The Morgan fingerprint density at radius 1 is 1.03 bits per heavy atom. The Kier molecular flexibility index (Phi) is 7.26. The zero-order valence-corrected chi connectivity index (χ0v) is 19.1. The molecular formula is C22H24N6OS2. The summed E-state index contributed by atoms with van der Waals surface area (Å²) in [6, 6.07) is 16.1. The number of benzene rings is 2. The van der Waals surface area contributed by atoms with Crippen LogP contribution in [0.25, 0.3) is 5.69 Å². The van der Waals surface area contributed by atoms with Gasteiger partial charge in [-0.25, -0.2) is 4.98 Å². The van der Waals surface area contributed by atoms with Gasteiger partial charge in [0, 0.05) is 24.7 Å². The second kappa shape index (κ2) is 10.5. The summed E-state index contributed by atoms with van der Waals surface area (Å²) in [5, 5.41) is 13.8. The highest BCUT2D eigenvalue weighted by Gasteiger charge is 2.10. The maximum absolute atomic E-state index is 6.09. The van der Waals surface area contributed by atoms with Gasteiger partial charge in [0.25, 0.3) is 0 Å². The summed E-state index contributed by atoms with van der Waals surface area (Å²) in [5.41, 5.74) is 3.37. The van der Waals surface area contributed by atoms with Crippen LogP contribution < -0.4 is 4.74 Å². The van der Waals surface area contributed by atoms with Gasteiger partial charge in [0.2, 0.25) is 5.16 Å². The van der Waals surface area contributed by atoms with Crippen LogP contribution in [0, 0.1) is 6.92 Å². The van der Waals surface area contributed by atoms with E-state index in [1.54, 1.807) is 28.2 Å². The van der Waals surface area contributed by atoms with Gasteiger partial charge < -0.3 is 9.30 Å². The van der Waals surface area contributed by atoms with E-state index in [0.29, 0.717) is 6.61 Å². The van der Waals surface area contributed by atoms with E-state index in [2.05, 4.69) is 44.1 Å². The predicted molar refractivity (Wildman–Crippen MR) is 124 cm³/mol. The number of thioether (sulfide) groups is 2. The van der Waals surface area contributed by atoms with E-state index >= 15 is 0 Å². The van der Waals surface area contributed by atoms with Gasteiger partial charge in [-0.2, -0.15) is 4.68 Å². The van der Waals surface area contributed by atoms with Crippen molar-refractivity contribution >= 4 is 23.5 Å². The molecule has 0 aliphatic heterocycles. The minimum atomic E-state index is 0.644. The van der Waals surface area contributed by atoms with Crippen LogP contribution in [0.5, 0.6) is 5.75 Å². The number of hydrogen-bond donors (Lipinski definition) is 0. The minimum absolute atomic E-state index is 0.644. The minimum Gasteiger partial charge on any atom is -0.493 e. The van der Waals surface area contributed by atoms with Crippen molar-refractivity contribution in [3.63, 3.8) is 0 Å². The number of ether oxygens (including phenoxy) is 1. The fourth-order valence-electron chi connectivity index (χ4n) is 3.18. The molecule has 160 valence electrons. The second-order valence-corrected chi connectivity index (χ2v) is 8.68. The fourth-order valence-corrected chi connectivity index (χ4v) is 4.51. The van der Waals surface area contributed by atoms with E-state index in [1.807, 2.05) is 55.0 Å². The van der Waals surface area contributed by atoms with Gasteiger partial charge in [0.15, 0.2) is 5.16 Å². The van der Waals surface area contributed by atoms with Gasteiger partial charge >= 0.3 is 0 Å². The van der Waals surface area contributed by atoms with Crippen LogP contribution >= 0.6 is 23.5 Å². The molecule has 2 heterocycles. The Labute approximate surface area is 190 Å². The molecule has 4 rings (SSSR count). The van der Waals surface area contributed by atoms with Crippen LogP contribution in [-0.2, 0) is 6.54 Å². The molecule has 0 fully saturated rings. The SMILES string of the molecule is CSc1nccn1Cc1cccc(OCCCSc2nnnn2-c2ccccc2)c1C. The molecular weight excluding hydrogens is 428 g/mol. The van der Waals surface area contributed by atoms with Gasteiger partial charge in [-0.3, -0.25) is 0 Å². The molecule has 2 aromatic heterocycles. The third-order valence-corrected chi connectivity index (χ3v) is 6.53. The van der Waals surface area contributed by atoms with Crippen LogP contribution in [0.1, 0.15) is 17.5 Å². The van der Waals surface area contributed by atoms with Crippen LogP contribution in [-0.4, -0.2) is 48.4 Å². The molecule has 0 aliphatic carbocycles. The van der Waals surface area contributed by atoms with Gasteiger partial charge in [-0.15, -0.1) is 5.10 Å². The highest BCUT2D eigenvalue weighted by atomic mass is 32.2. The first-order valence-electron chi connectivity index (χ1n) is 9.99. The van der Waals surface area contributed by atoms with Crippen molar-refractivity contribution in [2.45, 2.75) is 30.2 Å². The summed E-state index contributed by atoms with van der Waals surface area (Å²) in [7, 11) is 0. The van der Waals surface area contributed by atoms with E-state index in [-0.39, 0.29) is 0 Å². The number of hydrogen-bond acceptors (Lipinski definition) is 7. The maximum atomic E-state index is 6.09. The third-order valence-electron chi connectivity index (χ3n) is 4.82. The summed E-state index contributed by atoms with van der Waals surface area (Å²) in [5.74, 6) is 1.81. The Morgan fingerprint density at radius 3 is 2.74 bits per heavy atom. The van der Waals surface area contributed by atoms with Crippen LogP contribution in [0.3, 0.4) is 0 Å². The average Bonchev–Trinajstić information content (AvgIpc) is 3.45. The zero-order valence-electron chi connectivity index (χ0n) is 17.5. The summed E-state index contributed by atoms with van der Waals surface area (Å²) in [6.45, 7) is 3.55. The first-order valence-corrected chi connectivity index (χ1v) is 12.2. The Hall–Kier alpha value is -2.78. The lowest BCUT2D eigenvalue weighted by Crippen LogP contribution is -2.05. The topological polar surface area (TPSA) is 70.7 Å². The molecule has 0 N–H and O–H groups in total. The highest BCUT2D eigenvalue weighted by molar-refractivity contribution is 7.99. The van der Waals surface area contributed by atoms with Crippen molar-refractivity contribution in [2.75, 3.05) is 18.6 Å². The van der Waals surface area contributed by atoms with Crippen molar-refractivity contribution < 1.29 is 4.74 Å². The van der Waals surface area contributed by atoms with Crippen LogP contribution in [0.2, 0.25) is 0 Å². The number of tetrazole rings is 1. The molecule has 9 heteroatoms. The molecule has 0 radical (unpaired) electrons. The second-order valence-electron chi connectivity index (χ2n) is 6.84. The summed E-state index contributed by atoms with van der Waals surface area (Å²) < 4.78 is 10.0. The average molecular weight is 453 g/mol. The van der Waals surface area contributed by atoms with Gasteiger partial charge in [0.1, 0.15) is 5.75 Å². The monoisotopic (exact) mass is 452 g/mol. The number of aromatic nitrogens is 6. The number of para-hydroxylation sites is 1. The van der Waals surface area contributed by atoms with E-state index in [4.69, 9.17) is 4.74 Å². The van der Waals surface area contributed by atoms with E-state index in [0.717, 1.165) is 40.5 Å². The maximum Gasteiger partial charge on any atom is 0.214 e. The Balaban J connectivity index is 1.30. The molecule has 0 amide bonds. The van der Waals surface area contributed by atoms with Gasteiger partial charge in [-0.1, -0.05) is 53.9 Å². The number of imidazole rings is 1. The molecule has 0 saturated heterocycles. The molecule has 2 aromatic carbocycles. The summed E-state index contributed by atoms with van der Waals surface area (Å²) >= 11 is 3.28.